The molecule has 4 nitrogen and oxygen atoms in total. The number of amides is 1. The van der Waals surface area contributed by atoms with Gasteiger partial charge in [0.15, 0.2) is 0 Å². The number of hydrogen-bond acceptors (Lipinski definition) is 3. The molecule has 2 aromatic carbocycles. The van der Waals surface area contributed by atoms with Crippen LogP contribution in [0.2, 0.25) is 0 Å². The maximum absolute atomic E-state index is 13.1. The topological polar surface area (TPSA) is 57.6 Å². The Bertz CT molecular complexity index is 842. The Balaban J connectivity index is 2.16. The van der Waals surface area contributed by atoms with Crippen LogP contribution in [0, 0.1) is 11.6 Å². The number of Topliss-reactive ketones (excluding diaryl/α,β-unsaturated/α-hetero) is 1. The molecule has 6 heteroatoms. The highest BCUT2D eigenvalue weighted by atomic mass is 19.1. The van der Waals surface area contributed by atoms with Gasteiger partial charge in [-0.05, 0) is 42.0 Å². The molecule has 1 aliphatic heterocycles. The van der Waals surface area contributed by atoms with Crippen molar-refractivity contribution in [3.63, 3.8) is 0 Å². The Morgan fingerprint density at radius 3 is 2.00 bits per heavy atom. The number of aliphatic hydroxyl groups excluding tert-OH is 1. The standard InChI is InChI=1S/C18H13F2NO3/c1-21-15(10-2-6-12(19)7-3-10)14(17(23)18(21)24)16(22)11-4-8-13(20)9-5-11/h2-9,15,22H,1H3/b16-14-. The molecule has 1 heterocycles. The van der Waals surface area contributed by atoms with E-state index in [1.165, 1.54) is 48.3 Å². The molecular formula is C18H13F2NO3. The van der Waals surface area contributed by atoms with Crippen molar-refractivity contribution >= 4 is 17.4 Å². The number of hydrogen-bond donors (Lipinski definition) is 1. The summed E-state index contributed by atoms with van der Waals surface area (Å²) < 4.78 is 26.2. The minimum Gasteiger partial charge on any atom is -0.507 e. The maximum Gasteiger partial charge on any atom is 0.295 e. The number of likely N-dealkylation sites (tertiary alicyclic amines) is 1. The van der Waals surface area contributed by atoms with Crippen LogP contribution < -0.4 is 0 Å². The van der Waals surface area contributed by atoms with Crippen LogP contribution >= 0.6 is 0 Å². The van der Waals surface area contributed by atoms with Gasteiger partial charge in [-0.25, -0.2) is 8.78 Å². The quantitative estimate of drug-likeness (QED) is 0.523. The van der Waals surface area contributed by atoms with Crippen molar-refractivity contribution in [3.05, 3.63) is 76.9 Å². The Labute approximate surface area is 136 Å². The molecule has 1 N–H and O–H groups in total. The first-order valence-electron chi connectivity index (χ1n) is 7.16. The first-order chi connectivity index (χ1) is 11.4. The van der Waals surface area contributed by atoms with Crippen LogP contribution in [0.15, 0.2) is 54.1 Å². The molecule has 1 amide bonds. The Hall–Kier alpha value is -3.02. The molecule has 0 spiro atoms. The van der Waals surface area contributed by atoms with E-state index < -0.39 is 35.1 Å². The lowest BCUT2D eigenvalue weighted by molar-refractivity contribution is -0.139. The third kappa shape index (κ3) is 2.56. The van der Waals surface area contributed by atoms with Gasteiger partial charge in [-0.15, -0.1) is 0 Å². The summed E-state index contributed by atoms with van der Waals surface area (Å²) in [6.45, 7) is 0. The fourth-order valence-corrected chi connectivity index (χ4v) is 2.75. The highest BCUT2D eigenvalue weighted by Crippen LogP contribution is 2.38. The molecule has 0 bridgehead atoms. The van der Waals surface area contributed by atoms with Crippen molar-refractivity contribution in [2.24, 2.45) is 0 Å². The second-order valence-electron chi connectivity index (χ2n) is 5.47. The number of carbonyl (C=O) groups is 2. The summed E-state index contributed by atoms with van der Waals surface area (Å²) in [4.78, 5) is 25.5. The van der Waals surface area contributed by atoms with E-state index in [4.69, 9.17) is 0 Å². The van der Waals surface area contributed by atoms with Crippen molar-refractivity contribution in [2.45, 2.75) is 6.04 Å². The minimum atomic E-state index is -0.839. The SMILES string of the molecule is CN1C(=O)C(=O)/C(=C(\O)c2ccc(F)cc2)C1c1ccc(F)cc1. The van der Waals surface area contributed by atoms with Gasteiger partial charge in [0.25, 0.3) is 11.7 Å². The zero-order chi connectivity index (χ0) is 17.4. The maximum atomic E-state index is 13.1. The predicted molar refractivity (Wildman–Crippen MR) is 82.9 cm³/mol. The molecule has 0 aromatic heterocycles. The molecule has 1 aliphatic rings. The van der Waals surface area contributed by atoms with Crippen LogP contribution in [-0.2, 0) is 9.59 Å². The van der Waals surface area contributed by atoms with E-state index in [0.717, 1.165) is 12.1 Å². The molecule has 1 saturated heterocycles. The van der Waals surface area contributed by atoms with Crippen molar-refractivity contribution in [1.29, 1.82) is 0 Å². The molecule has 0 aliphatic carbocycles. The third-order valence-electron chi connectivity index (χ3n) is 3.98. The molecule has 2 aromatic rings. The molecule has 122 valence electrons. The molecule has 1 fully saturated rings. The van der Waals surface area contributed by atoms with Gasteiger partial charge in [0.1, 0.15) is 17.4 Å². The van der Waals surface area contributed by atoms with E-state index in [0.29, 0.717) is 5.56 Å². The van der Waals surface area contributed by atoms with Crippen LogP contribution in [0.3, 0.4) is 0 Å². The van der Waals surface area contributed by atoms with Gasteiger partial charge in [0, 0.05) is 12.6 Å². The molecule has 0 saturated carbocycles. The third-order valence-corrected chi connectivity index (χ3v) is 3.98. The zero-order valence-electron chi connectivity index (χ0n) is 12.7. The second-order valence-corrected chi connectivity index (χ2v) is 5.47. The summed E-state index contributed by atoms with van der Waals surface area (Å²) in [6.07, 6.45) is 0. The van der Waals surface area contributed by atoms with Crippen molar-refractivity contribution in [1.82, 2.24) is 4.90 Å². The number of nitrogens with zero attached hydrogens (tertiary/aromatic N) is 1. The van der Waals surface area contributed by atoms with Crippen molar-refractivity contribution in [3.8, 4) is 0 Å². The molecule has 3 rings (SSSR count). The average molecular weight is 329 g/mol. The Kier molecular flexibility index (Phi) is 3.89. The number of carbonyl (C=O) groups excluding carboxylic acids is 2. The fraction of sp³-hybridized carbons (Fsp3) is 0.111. The van der Waals surface area contributed by atoms with E-state index in [1.54, 1.807) is 0 Å². The van der Waals surface area contributed by atoms with E-state index in [2.05, 4.69) is 0 Å². The summed E-state index contributed by atoms with van der Waals surface area (Å²) in [5.74, 6) is -2.95. The Morgan fingerprint density at radius 2 is 1.46 bits per heavy atom. The lowest BCUT2D eigenvalue weighted by atomic mass is 9.95. The van der Waals surface area contributed by atoms with Gasteiger partial charge < -0.3 is 10.0 Å². The summed E-state index contributed by atoms with van der Waals surface area (Å²) in [5, 5.41) is 10.5. The van der Waals surface area contributed by atoms with Crippen LogP contribution in [0.25, 0.3) is 5.76 Å². The molecule has 1 atom stereocenters. The minimum absolute atomic E-state index is 0.110. The summed E-state index contributed by atoms with van der Waals surface area (Å²) in [5.41, 5.74) is 0.595. The molecule has 24 heavy (non-hydrogen) atoms. The number of aliphatic hydroxyl groups is 1. The van der Waals surface area contributed by atoms with Gasteiger partial charge in [0.2, 0.25) is 0 Å². The van der Waals surface area contributed by atoms with Crippen LogP contribution in [0.1, 0.15) is 17.2 Å². The number of benzene rings is 2. The molecule has 0 radical (unpaired) electrons. The lowest BCUT2D eigenvalue weighted by Gasteiger charge is -2.21. The van der Waals surface area contributed by atoms with Gasteiger partial charge in [-0.3, -0.25) is 9.59 Å². The Morgan fingerprint density at radius 1 is 0.958 bits per heavy atom. The smallest absolute Gasteiger partial charge is 0.295 e. The molecule has 1 unspecified atom stereocenters. The van der Waals surface area contributed by atoms with Gasteiger partial charge >= 0.3 is 0 Å². The summed E-state index contributed by atoms with van der Waals surface area (Å²) in [6, 6.07) is 9.39. The van der Waals surface area contributed by atoms with Crippen LogP contribution in [0.5, 0.6) is 0 Å². The first kappa shape index (κ1) is 15.9. The number of likely N-dealkylation sites (N-methyl/N-ethyl adjacent to an activating group) is 1. The van der Waals surface area contributed by atoms with Gasteiger partial charge in [0.05, 0.1) is 11.6 Å². The van der Waals surface area contributed by atoms with Crippen molar-refractivity contribution in [2.75, 3.05) is 7.05 Å². The highest BCUT2D eigenvalue weighted by molar-refractivity contribution is 6.46. The normalized spacial score (nSPS) is 19.8. The number of ketones is 1. The summed E-state index contributed by atoms with van der Waals surface area (Å²) in [7, 11) is 1.43. The van der Waals surface area contributed by atoms with Crippen LogP contribution in [-0.4, -0.2) is 28.7 Å². The monoisotopic (exact) mass is 329 g/mol. The number of halogens is 2. The van der Waals surface area contributed by atoms with E-state index in [1.807, 2.05) is 0 Å². The van der Waals surface area contributed by atoms with Gasteiger partial charge in [-0.2, -0.15) is 0 Å². The zero-order valence-corrected chi connectivity index (χ0v) is 12.7. The number of rotatable bonds is 2. The lowest BCUT2D eigenvalue weighted by Crippen LogP contribution is -2.24. The predicted octanol–water partition coefficient (Wildman–Crippen LogP) is 3.02. The first-order valence-corrected chi connectivity index (χ1v) is 7.16. The van der Waals surface area contributed by atoms with Gasteiger partial charge in [-0.1, -0.05) is 12.1 Å². The van der Waals surface area contributed by atoms with E-state index >= 15 is 0 Å². The average Bonchev–Trinajstić information content (AvgIpc) is 2.80. The molecular weight excluding hydrogens is 316 g/mol. The van der Waals surface area contributed by atoms with Crippen molar-refractivity contribution < 1.29 is 23.5 Å². The van der Waals surface area contributed by atoms with E-state index in [-0.39, 0.29) is 11.1 Å². The second kappa shape index (κ2) is 5.88. The largest absolute Gasteiger partial charge is 0.507 e. The highest BCUT2D eigenvalue weighted by Gasteiger charge is 2.44. The van der Waals surface area contributed by atoms with E-state index in [9.17, 15) is 23.5 Å². The summed E-state index contributed by atoms with van der Waals surface area (Å²) >= 11 is 0. The fourth-order valence-electron chi connectivity index (χ4n) is 2.75. The van der Waals surface area contributed by atoms with Crippen LogP contribution in [0.4, 0.5) is 8.78 Å².